The molecule has 3 heteroatoms. The molecule has 2 aliphatic rings. The van der Waals surface area contributed by atoms with E-state index >= 15 is 0 Å². The average Bonchev–Trinajstić information content (AvgIpc) is 2.69. The van der Waals surface area contributed by atoms with E-state index in [1.54, 1.807) is 0 Å². The first-order valence-corrected chi connectivity index (χ1v) is 7.31. The summed E-state index contributed by atoms with van der Waals surface area (Å²) in [5, 5.41) is 14.1. The maximum atomic E-state index is 9.99. The summed E-state index contributed by atoms with van der Waals surface area (Å²) in [5.41, 5.74) is 1.09. The van der Waals surface area contributed by atoms with Gasteiger partial charge in [-0.3, -0.25) is 0 Å². The lowest BCUT2D eigenvalue weighted by Gasteiger charge is -2.37. The van der Waals surface area contributed by atoms with Crippen molar-refractivity contribution in [2.45, 2.75) is 41.4 Å². The van der Waals surface area contributed by atoms with Crippen LogP contribution < -0.4 is 5.32 Å². The molecule has 1 fully saturated rings. The SMILES string of the molecule is OC1(CNCC2Cc3ccccc3S2)CCC1. The molecule has 1 aliphatic carbocycles. The lowest BCUT2D eigenvalue weighted by atomic mass is 9.80. The second-order valence-electron chi connectivity index (χ2n) is 5.26. The highest BCUT2D eigenvalue weighted by atomic mass is 32.2. The van der Waals surface area contributed by atoms with E-state index < -0.39 is 5.60 Å². The summed E-state index contributed by atoms with van der Waals surface area (Å²) in [6.07, 6.45) is 4.28. The lowest BCUT2D eigenvalue weighted by Crippen LogP contribution is -2.47. The Balaban J connectivity index is 1.46. The van der Waals surface area contributed by atoms with Crippen molar-refractivity contribution in [1.29, 1.82) is 0 Å². The number of hydrogen-bond donors (Lipinski definition) is 2. The van der Waals surface area contributed by atoms with Crippen molar-refractivity contribution >= 4 is 11.8 Å². The summed E-state index contributed by atoms with van der Waals surface area (Å²) >= 11 is 1.97. The fraction of sp³-hybridized carbons (Fsp3) is 0.571. The molecule has 0 radical (unpaired) electrons. The van der Waals surface area contributed by atoms with Crippen LogP contribution in [0.1, 0.15) is 24.8 Å². The van der Waals surface area contributed by atoms with Crippen molar-refractivity contribution in [2.75, 3.05) is 13.1 Å². The van der Waals surface area contributed by atoms with Crippen LogP contribution in [0.2, 0.25) is 0 Å². The lowest BCUT2D eigenvalue weighted by molar-refractivity contribution is -0.0310. The van der Waals surface area contributed by atoms with Crippen LogP contribution in [0.4, 0.5) is 0 Å². The molecule has 1 atom stereocenters. The zero-order valence-corrected chi connectivity index (χ0v) is 10.8. The van der Waals surface area contributed by atoms with Crippen molar-refractivity contribution in [3.8, 4) is 0 Å². The number of thioether (sulfide) groups is 1. The quantitative estimate of drug-likeness (QED) is 0.858. The molecule has 2 nitrogen and oxygen atoms in total. The fourth-order valence-electron chi connectivity index (χ4n) is 2.60. The first kappa shape index (κ1) is 11.6. The Kier molecular flexibility index (Phi) is 3.16. The highest BCUT2D eigenvalue weighted by Gasteiger charge is 2.34. The number of fused-ring (bicyclic) bond motifs is 1. The van der Waals surface area contributed by atoms with Crippen molar-refractivity contribution in [1.82, 2.24) is 5.32 Å². The standard InChI is InChI=1S/C14H19NOS/c16-14(6-3-7-14)10-15-9-12-8-11-4-1-2-5-13(11)17-12/h1-2,4-5,12,15-16H,3,6-10H2. The molecular formula is C14H19NOS. The fourth-order valence-corrected chi connectivity index (χ4v) is 3.88. The predicted octanol–water partition coefficient (Wildman–Crippen LogP) is 2.21. The molecule has 1 saturated carbocycles. The number of benzene rings is 1. The van der Waals surface area contributed by atoms with Gasteiger partial charge in [-0.2, -0.15) is 0 Å². The molecule has 0 saturated heterocycles. The third kappa shape index (κ3) is 2.51. The van der Waals surface area contributed by atoms with Gasteiger partial charge in [0.05, 0.1) is 5.60 Å². The molecule has 0 amide bonds. The monoisotopic (exact) mass is 249 g/mol. The molecule has 1 aliphatic heterocycles. The van der Waals surface area contributed by atoms with Gasteiger partial charge in [-0.15, -0.1) is 11.8 Å². The van der Waals surface area contributed by atoms with Crippen molar-refractivity contribution in [3.05, 3.63) is 29.8 Å². The molecule has 0 aromatic heterocycles. The average molecular weight is 249 g/mol. The van der Waals surface area contributed by atoms with Crippen LogP contribution in [0, 0.1) is 0 Å². The van der Waals surface area contributed by atoms with Crippen LogP contribution in [0.3, 0.4) is 0 Å². The second-order valence-corrected chi connectivity index (χ2v) is 6.60. The number of hydrogen-bond acceptors (Lipinski definition) is 3. The molecule has 1 unspecified atom stereocenters. The molecule has 1 heterocycles. The Morgan fingerprint density at radius 3 is 2.88 bits per heavy atom. The third-order valence-corrected chi connectivity index (χ3v) is 5.14. The first-order valence-electron chi connectivity index (χ1n) is 6.43. The molecule has 2 N–H and O–H groups in total. The molecule has 17 heavy (non-hydrogen) atoms. The number of nitrogens with one attached hydrogen (secondary N) is 1. The minimum absolute atomic E-state index is 0.393. The molecule has 1 aromatic rings. The summed E-state index contributed by atoms with van der Waals surface area (Å²) in [5.74, 6) is 0. The van der Waals surface area contributed by atoms with Gasteiger partial charge in [0.25, 0.3) is 0 Å². The Morgan fingerprint density at radius 1 is 1.35 bits per heavy atom. The molecule has 92 valence electrons. The van der Waals surface area contributed by atoms with E-state index in [1.165, 1.54) is 16.9 Å². The van der Waals surface area contributed by atoms with Gasteiger partial charge in [0.15, 0.2) is 0 Å². The largest absolute Gasteiger partial charge is 0.389 e. The summed E-state index contributed by atoms with van der Waals surface area (Å²) in [6, 6.07) is 8.66. The Bertz CT molecular complexity index is 378. The van der Waals surface area contributed by atoms with Crippen LogP contribution >= 0.6 is 11.8 Å². The minimum Gasteiger partial charge on any atom is -0.389 e. The molecule has 0 bridgehead atoms. The van der Waals surface area contributed by atoms with Gasteiger partial charge in [0, 0.05) is 23.2 Å². The van der Waals surface area contributed by atoms with Gasteiger partial charge in [-0.05, 0) is 37.3 Å². The van der Waals surface area contributed by atoms with Gasteiger partial charge in [-0.1, -0.05) is 18.2 Å². The number of rotatable bonds is 4. The summed E-state index contributed by atoms with van der Waals surface area (Å²) in [4.78, 5) is 1.43. The van der Waals surface area contributed by atoms with E-state index in [1.807, 2.05) is 11.8 Å². The zero-order chi connectivity index (χ0) is 11.7. The number of aliphatic hydroxyl groups is 1. The van der Waals surface area contributed by atoms with Gasteiger partial charge in [0.2, 0.25) is 0 Å². The van der Waals surface area contributed by atoms with Crippen LogP contribution in [0.5, 0.6) is 0 Å². The Labute approximate surface area is 107 Å². The van der Waals surface area contributed by atoms with Crippen molar-refractivity contribution in [3.63, 3.8) is 0 Å². The van der Waals surface area contributed by atoms with E-state index in [-0.39, 0.29) is 0 Å². The molecule has 3 rings (SSSR count). The van der Waals surface area contributed by atoms with E-state index in [2.05, 4.69) is 29.6 Å². The summed E-state index contributed by atoms with van der Waals surface area (Å²) in [7, 11) is 0. The maximum Gasteiger partial charge on any atom is 0.0771 e. The minimum atomic E-state index is -0.393. The van der Waals surface area contributed by atoms with E-state index in [4.69, 9.17) is 0 Å². The summed E-state index contributed by atoms with van der Waals surface area (Å²) < 4.78 is 0. The van der Waals surface area contributed by atoms with E-state index in [0.29, 0.717) is 5.25 Å². The smallest absolute Gasteiger partial charge is 0.0771 e. The molecule has 1 aromatic carbocycles. The highest BCUT2D eigenvalue weighted by Crippen LogP contribution is 2.36. The summed E-state index contributed by atoms with van der Waals surface area (Å²) in [6.45, 7) is 1.77. The predicted molar refractivity (Wildman–Crippen MR) is 71.5 cm³/mol. The molecular weight excluding hydrogens is 230 g/mol. The van der Waals surface area contributed by atoms with Crippen molar-refractivity contribution < 1.29 is 5.11 Å². The molecule has 0 spiro atoms. The van der Waals surface area contributed by atoms with E-state index in [9.17, 15) is 5.11 Å². The van der Waals surface area contributed by atoms with Gasteiger partial charge >= 0.3 is 0 Å². The van der Waals surface area contributed by atoms with Crippen LogP contribution in [0.25, 0.3) is 0 Å². The second kappa shape index (κ2) is 4.63. The third-order valence-electron chi connectivity index (χ3n) is 3.82. The first-order chi connectivity index (χ1) is 8.25. The topological polar surface area (TPSA) is 32.3 Å². The normalized spacial score (nSPS) is 25.4. The van der Waals surface area contributed by atoms with Gasteiger partial charge in [0.1, 0.15) is 0 Å². The van der Waals surface area contributed by atoms with Crippen LogP contribution in [-0.2, 0) is 6.42 Å². The van der Waals surface area contributed by atoms with Gasteiger partial charge in [-0.25, -0.2) is 0 Å². The van der Waals surface area contributed by atoms with Crippen LogP contribution in [-0.4, -0.2) is 29.0 Å². The van der Waals surface area contributed by atoms with E-state index in [0.717, 1.165) is 32.4 Å². The van der Waals surface area contributed by atoms with Crippen molar-refractivity contribution in [2.24, 2.45) is 0 Å². The van der Waals surface area contributed by atoms with Crippen LogP contribution in [0.15, 0.2) is 29.2 Å². The van der Waals surface area contributed by atoms with Gasteiger partial charge < -0.3 is 10.4 Å². The Morgan fingerprint density at radius 2 is 2.18 bits per heavy atom. The Hall–Kier alpha value is -0.510. The zero-order valence-electron chi connectivity index (χ0n) is 9.98. The highest BCUT2D eigenvalue weighted by molar-refractivity contribution is 8.00. The maximum absolute atomic E-state index is 9.99.